The second-order valence-corrected chi connectivity index (χ2v) is 6.15. The molecule has 1 aliphatic rings. The van der Waals surface area contributed by atoms with Crippen molar-refractivity contribution in [1.29, 1.82) is 0 Å². The highest BCUT2D eigenvalue weighted by Crippen LogP contribution is 2.34. The van der Waals surface area contributed by atoms with E-state index in [2.05, 4.69) is 10.3 Å². The first-order chi connectivity index (χ1) is 11.3. The van der Waals surface area contributed by atoms with Gasteiger partial charge < -0.3 is 19.9 Å². The lowest BCUT2D eigenvalue weighted by Crippen LogP contribution is -2.41. The summed E-state index contributed by atoms with van der Waals surface area (Å²) in [4.78, 5) is 37.3. The number of aromatic nitrogens is 2. The summed E-state index contributed by atoms with van der Waals surface area (Å²) in [6, 6.07) is 0. The van der Waals surface area contributed by atoms with Crippen LogP contribution in [0.3, 0.4) is 0 Å². The molecule has 1 fully saturated rings. The van der Waals surface area contributed by atoms with E-state index in [0.717, 1.165) is 0 Å². The van der Waals surface area contributed by atoms with Gasteiger partial charge in [-0.1, -0.05) is 13.8 Å². The number of ether oxygens (including phenoxy) is 2. The maximum Gasteiger partial charge on any atom is 0.330 e. The van der Waals surface area contributed by atoms with Crippen LogP contribution in [-0.4, -0.2) is 52.5 Å². The highest BCUT2D eigenvalue weighted by atomic mass is 16.6. The zero-order chi connectivity index (χ0) is 18.0. The number of likely N-dealkylation sites (N-methyl/N-ethyl adjacent to an activating group) is 1. The zero-order valence-electron chi connectivity index (χ0n) is 14.1. The molecule has 9 heteroatoms. The predicted octanol–water partition coefficient (Wildman–Crippen LogP) is -1.11. The third-order valence-corrected chi connectivity index (χ3v) is 4.01. The lowest BCUT2D eigenvalue weighted by molar-refractivity contribution is -0.132. The molecule has 1 amide bonds. The molecule has 0 unspecified atom stereocenters. The van der Waals surface area contributed by atoms with E-state index in [4.69, 9.17) is 9.47 Å². The lowest BCUT2D eigenvalue weighted by atomic mass is 10.0. The molecule has 0 radical (unpaired) electrons. The highest BCUT2D eigenvalue weighted by molar-refractivity contribution is 5.76. The number of amides is 1. The third kappa shape index (κ3) is 3.58. The molecule has 9 nitrogen and oxygen atoms in total. The summed E-state index contributed by atoms with van der Waals surface area (Å²) in [6.45, 7) is 5.01. The van der Waals surface area contributed by atoms with Crippen molar-refractivity contribution in [1.82, 2.24) is 14.9 Å². The zero-order valence-corrected chi connectivity index (χ0v) is 14.1. The largest absolute Gasteiger partial charge is 0.387 e. The van der Waals surface area contributed by atoms with Crippen LogP contribution >= 0.6 is 0 Å². The number of aryl methyl sites for hydroxylation is 1. The number of hydrogen-bond donors (Lipinski definition) is 3. The number of aliphatic hydroxyl groups excluding tert-OH is 1. The summed E-state index contributed by atoms with van der Waals surface area (Å²) < 4.78 is 12.5. The normalized spacial score (nSPS) is 26.8. The summed E-state index contributed by atoms with van der Waals surface area (Å²) >= 11 is 0. The van der Waals surface area contributed by atoms with Crippen LogP contribution in [0.25, 0.3) is 0 Å². The first-order valence-corrected chi connectivity index (χ1v) is 7.74. The van der Waals surface area contributed by atoms with Crippen LogP contribution < -0.4 is 16.6 Å². The maximum atomic E-state index is 12.1. The van der Waals surface area contributed by atoms with Crippen molar-refractivity contribution < 1.29 is 19.4 Å². The molecule has 1 saturated heterocycles. The molecule has 0 bridgehead atoms. The van der Waals surface area contributed by atoms with Crippen molar-refractivity contribution in [2.75, 3.05) is 13.7 Å². The lowest BCUT2D eigenvalue weighted by Gasteiger charge is -2.22. The molecule has 3 N–H and O–H groups in total. The van der Waals surface area contributed by atoms with Crippen LogP contribution in [0.1, 0.15) is 25.6 Å². The van der Waals surface area contributed by atoms with Crippen LogP contribution in [0.15, 0.2) is 15.8 Å². The number of H-pyrrole nitrogens is 1. The molecule has 0 aliphatic carbocycles. The van der Waals surface area contributed by atoms with Crippen molar-refractivity contribution in [3.8, 4) is 0 Å². The summed E-state index contributed by atoms with van der Waals surface area (Å²) in [5, 5.41) is 12.9. The van der Waals surface area contributed by atoms with Crippen molar-refractivity contribution in [3.63, 3.8) is 0 Å². The Morgan fingerprint density at radius 1 is 1.50 bits per heavy atom. The Hall–Kier alpha value is -1.97. The van der Waals surface area contributed by atoms with Gasteiger partial charge in [0.2, 0.25) is 5.91 Å². The number of aromatic amines is 1. The quantitative estimate of drug-likeness (QED) is 0.624. The van der Waals surface area contributed by atoms with Gasteiger partial charge in [-0.2, -0.15) is 0 Å². The molecule has 24 heavy (non-hydrogen) atoms. The van der Waals surface area contributed by atoms with Gasteiger partial charge in [-0.05, 0) is 12.8 Å². The second-order valence-electron chi connectivity index (χ2n) is 6.15. The van der Waals surface area contributed by atoms with Gasteiger partial charge in [0.25, 0.3) is 5.56 Å². The van der Waals surface area contributed by atoms with Gasteiger partial charge in [0, 0.05) is 18.8 Å². The summed E-state index contributed by atoms with van der Waals surface area (Å²) in [6.07, 6.45) is -2.09. The van der Waals surface area contributed by atoms with Crippen LogP contribution in [0.2, 0.25) is 0 Å². The van der Waals surface area contributed by atoms with Gasteiger partial charge >= 0.3 is 5.69 Å². The number of aliphatic hydroxyl groups is 1. The van der Waals surface area contributed by atoms with Crippen molar-refractivity contribution in [2.24, 2.45) is 5.92 Å². The van der Waals surface area contributed by atoms with Gasteiger partial charge in [0.1, 0.15) is 18.8 Å². The first-order valence-electron chi connectivity index (χ1n) is 7.74. The van der Waals surface area contributed by atoms with Crippen LogP contribution in [0, 0.1) is 12.8 Å². The fourth-order valence-electron chi connectivity index (χ4n) is 2.65. The van der Waals surface area contributed by atoms with Crippen LogP contribution in [-0.2, 0) is 14.3 Å². The molecule has 0 spiro atoms. The van der Waals surface area contributed by atoms with Gasteiger partial charge in [-0.25, -0.2) is 4.79 Å². The number of carbonyl (C=O) groups is 1. The molecule has 1 aliphatic heterocycles. The second kappa shape index (κ2) is 7.29. The van der Waals surface area contributed by atoms with E-state index in [1.165, 1.54) is 17.8 Å². The standard InChI is InChI=1S/C15H23N3O6/c1-7(2)11-10(20)12(23-6-9(19)16-4)14(24-11)18-5-8(3)13(21)17-15(18)22/h5,7,10-12,14,20H,6H2,1-4H3,(H,16,19)(H,17,21,22)/t10-,11-,12-,14-/m1/s1. The molecule has 0 aromatic carbocycles. The van der Waals surface area contributed by atoms with E-state index in [0.29, 0.717) is 5.56 Å². The van der Waals surface area contributed by atoms with E-state index >= 15 is 0 Å². The summed E-state index contributed by atoms with van der Waals surface area (Å²) in [5.74, 6) is -0.394. The Morgan fingerprint density at radius 3 is 2.75 bits per heavy atom. The highest BCUT2D eigenvalue weighted by Gasteiger charge is 2.47. The number of nitrogens with one attached hydrogen (secondary N) is 2. The number of nitrogens with zero attached hydrogens (tertiary/aromatic N) is 1. The fraction of sp³-hybridized carbons (Fsp3) is 0.667. The smallest absolute Gasteiger partial charge is 0.330 e. The number of hydrogen-bond acceptors (Lipinski definition) is 6. The monoisotopic (exact) mass is 341 g/mol. The Kier molecular flexibility index (Phi) is 5.58. The van der Waals surface area contributed by atoms with Gasteiger partial charge in [-0.3, -0.25) is 19.1 Å². The van der Waals surface area contributed by atoms with Crippen molar-refractivity contribution in [2.45, 2.75) is 45.3 Å². The molecule has 4 atom stereocenters. The molecule has 2 rings (SSSR count). The minimum Gasteiger partial charge on any atom is -0.387 e. The summed E-state index contributed by atoms with van der Waals surface area (Å²) in [7, 11) is 1.47. The average Bonchev–Trinajstić information content (AvgIpc) is 2.85. The molecular weight excluding hydrogens is 318 g/mol. The Morgan fingerprint density at radius 2 is 2.17 bits per heavy atom. The van der Waals surface area contributed by atoms with Gasteiger partial charge in [0.15, 0.2) is 6.23 Å². The van der Waals surface area contributed by atoms with E-state index < -0.39 is 35.8 Å². The minimum atomic E-state index is -1.02. The van der Waals surface area contributed by atoms with E-state index in [1.54, 1.807) is 6.92 Å². The van der Waals surface area contributed by atoms with Crippen molar-refractivity contribution in [3.05, 3.63) is 32.6 Å². The van der Waals surface area contributed by atoms with E-state index in [-0.39, 0.29) is 18.4 Å². The Labute approximate surface area is 138 Å². The van der Waals surface area contributed by atoms with Gasteiger partial charge in [-0.15, -0.1) is 0 Å². The minimum absolute atomic E-state index is 0.0318. The maximum absolute atomic E-state index is 12.1. The SMILES string of the molecule is CNC(=O)CO[C@@H]1[C@H](O)[C@@H](C(C)C)O[C@H]1n1cc(C)c(=O)[nH]c1=O. The Bertz CT molecular complexity index is 710. The van der Waals surface area contributed by atoms with Crippen LogP contribution in [0.4, 0.5) is 0 Å². The predicted molar refractivity (Wildman–Crippen MR) is 84.6 cm³/mol. The average molecular weight is 341 g/mol. The number of carbonyl (C=O) groups excluding carboxylic acids is 1. The molecule has 0 saturated carbocycles. The fourth-order valence-corrected chi connectivity index (χ4v) is 2.65. The molecule has 2 heterocycles. The molecule has 1 aromatic rings. The third-order valence-electron chi connectivity index (χ3n) is 4.01. The van der Waals surface area contributed by atoms with Crippen LogP contribution in [0.5, 0.6) is 0 Å². The van der Waals surface area contributed by atoms with Crippen molar-refractivity contribution >= 4 is 5.91 Å². The van der Waals surface area contributed by atoms with E-state index in [9.17, 15) is 19.5 Å². The number of rotatable bonds is 5. The van der Waals surface area contributed by atoms with Gasteiger partial charge in [0.05, 0.1) is 6.10 Å². The molecule has 1 aromatic heterocycles. The Balaban J connectivity index is 2.37. The molecular formula is C15H23N3O6. The first kappa shape index (κ1) is 18.4. The summed E-state index contributed by atoms with van der Waals surface area (Å²) in [5.41, 5.74) is -0.829. The van der Waals surface area contributed by atoms with E-state index in [1.807, 2.05) is 13.8 Å². The molecule has 134 valence electrons. The topological polar surface area (TPSA) is 123 Å².